The summed E-state index contributed by atoms with van der Waals surface area (Å²) in [7, 11) is 0. The van der Waals surface area contributed by atoms with E-state index < -0.39 is 60.4 Å². The number of aromatic nitrogens is 3. The van der Waals surface area contributed by atoms with Gasteiger partial charge in [0.05, 0.1) is 19.3 Å². The van der Waals surface area contributed by atoms with E-state index in [1.54, 1.807) is 12.1 Å². The Morgan fingerprint density at radius 1 is 0.388 bits per heavy atom. The third-order valence-electron chi connectivity index (χ3n) is 8.37. The predicted molar refractivity (Wildman–Crippen MR) is 200 cm³/mol. The van der Waals surface area contributed by atoms with Gasteiger partial charge in [-0.2, -0.15) is 0 Å². The minimum atomic E-state index is -0.617. The fraction of sp³-hybridized carbons (Fsp3) is 0. The smallest absolute Gasteiger partial charge is 0.167 e. The van der Waals surface area contributed by atoms with Crippen LogP contribution in [0.25, 0.3) is 89.5 Å². The van der Waals surface area contributed by atoms with E-state index >= 15 is 0 Å². The molecule has 0 fully saturated rings. The number of para-hydroxylation sites is 1. The maximum atomic E-state index is 8.67. The van der Waals surface area contributed by atoms with Crippen LogP contribution in [-0.4, -0.2) is 15.0 Å². The van der Waals surface area contributed by atoms with Crippen LogP contribution in [0.5, 0.6) is 0 Å². The molecule has 0 N–H and O–H groups in total. The maximum absolute atomic E-state index is 8.67. The molecule has 2 heterocycles. The summed E-state index contributed by atoms with van der Waals surface area (Å²) in [4.78, 5) is 13.6. The van der Waals surface area contributed by atoms with Crippen molar-refractivity contribution in [2.45, 2.75) is 0 Å². The average molecular weight is 638 g/mol. The molecule has 230 valence electrons. The van der Waals surface area contributed by atoms with Crippen LogP contribution in [0.15, 0.2) is 180 Å². The van der Waals surface area contributed by atoms with Crippen LogP contribution in [-0.2, 0) is 0 Å². The number of fused-ring (bicyclic) bond motifs is 3. The van der Waals surface area contributed by atoms with E-state index in [2.05, 4.69) is 75.6 Å². The van der Waals surface area contributed by atoms with Gasteiger partial charge in [0.1, 0.15) is 11.2 Å². The summed E-state index contributed by atoms with van der Waals surface area (Å²) in [5.74, 6) is -0.771. The van der Waals surface area contributed by atoms with E-state index in [1.807, 2.05) is 42.5 Å². The van der Waals surface area contributed by atoms with Crippen molar-refractivity contribution in [2.75, 3.05) is 0 Å². The van der Waals surface area contributed by atoms with Crippen LogP contribution >= 0.6 is 0 Å². The van der Waals surface area contributed by atoms with Crippen molar-refractivity contribution in [3.8, 4) is 67.5 Å². The second-order valence-electron chi connectivity index (χ2n) is 11.3. The molecule has 0 aliphatic rings. The summed E-state index contributed by atoms with van der Waals surface area (Å²) in [5, 5.41) is 1.53. The highest BCUT2D eigenvalue weighted by Crippen LogP contribution is 2.40. The molecule has 0 radical (unpaired) electrons. The second-order valence-corrected chi connectivity index (χ2v) is 11.3. The molecule has 49 heavy (non-hydrogen) atoms. The Kier molecular flexibility index (Phi) is 4.94. The fourth-order valence-corrected chi connectivity index (χ4v) is 6.04. The molecule has 0 saturated heterocycles. The third-order valence-corrected chi connectivity index (χ3v) is 8.37. The summed E-state index contributed by atoms with van der Waals surface area (Å²) in [6.45, 7) is 0. The molecule has 7 aromatic carbocycles. The molecule has 9 aromatic rings. The molecule has 4 nitrogen and oxygen atoms in total. The first kappa shape index (κ1) is 19.9. The van der Waals surface area contributed by atoms with Crippen LogP contribution < -0.4 is 0 Å². The lowest BCUT2D eigenvalue weighted by Gasteiger charge is -2.09. The topological polar surface area (TPSA) is 51.8 Å². The Balaban J connectivity index is 1.20. The van der Waals surface area contributed by atoms with Gasteiger partial charge >= 0.3 is 0 Å². The monoisotopic (exact) mass is 637 g/mol. The van der Waals surface area contributed by atoms with Gasteiger partial charge in [0.15, 0.2) is 17.5 Å². The van der Waals surface area contributed by atoms with E-state index in [-0.39, 0.29) is 28.6 Å². The summed E-state index contributed by atoms with van der Waals surface area (Å²) in [5.41, 5.74) is 6.85. The molecule has 4 heteroatoms. The number of hydrogen-bond donors (Lipinski definition) is 0. The number of hydrogen-bond acceptors (Lipinski definition) is 4. The lowest BCUT2D eigenvalue weighted by atomic mass is 9.96. The predicted octanol–water partition coefficient (Wildman–Crippen LogP) is 11.8. The van der Waals surface area contributed by atoms with E-state index in [9.17, 15) is 0 Å². The van der Waals surface area contributed by atoms with E-state index in [1.165, 1.54) is 0 Å². The molecule has 0 unspecified atom stereocenters. The normalized spacial score (nSPS) is 14.1. The summed E-state index contributed by atoms with van der Waals surface area (Å²) < 4.78 is 90.6. The highest BCUT2D eigenvalue weighted by molar-refractivity contribution is 6.15. The van der Waals surface area contributed by atoms with Crippen LogP contribution in [0.1, 0.15) is 13.7 Å². The van der Waals surface area contributed by atoms with Crippen LogP contribution in [0.4, 0.5) is 0 Å². The van der Waals surface area contributed by atoms with Gasteiger partial charge in [-0.15, -0.1) is 0 Å². The third kappa shape index (κ3) is 5.35. The average Bonchev–Trinajstić information content (AvgIpc) is 3.66. The Morgan fingerprint density at radius 3 is 1.47 bits per heavy atom. The first-order valence-electron chi connectivity index (χ1n) is 20.5. The van der Waals surface area contributed by atoms with Gasteiger partial charge in [-0.25, -0.2) is 15.0 Å². The number of rotatable bonds is 6. The van der Waals surface area contributed by atoms with Crippen molar-refractivity contribution >= 4 is 21.9 Å². The standard InChI is InChI=1S/C45H29N3O/c1-4-12-30(13-5-1)31-22-24-32(25-23-31)33-26-28-34(29-27-33)37-18-11-21-40-41(37)38-19-10-20-39(42(38)49-40)45-47-43(35-14-6-2-7-15-35)46-44(48-45)36-16-8-3-9-17-36/h1-29H/i2D,3D,6D,7D,8D,9D,14D,15D,16D,17D. The Morgan fingerprint density at radius 2 is 0.878 bits per heavy atom. The van der Waals surface area contributed by atoms with Crippen LogP contribution in [0.2, 0.25) is 0 Å². The van der Waals surface area contributed by atoms with Crippen molar-refractivity contribution < 1.29 is 18.1 Å². The number of furan rings is 1. The van der Waals surface area contributed by atoms with Crippen molar-refractivity contribution in [2.24, 2.45) is 0 Å². The summed E-state index contributed by atoms with van der Waals surface area (Å²) in [6, 6.07) is 32.0. The van der Waals surface area contributed by atoms with Gasteiger partial charge in [-0.1, -0.05) is 164 Å². The minimum Gasteiger partial charge on any atom is -0.455 e. The zero-order valence-corrected chi connectivity index (χ0v) is 25.7. The first-order chi connectivity index (χ1) is 28.4. The van der Waals surface area contributed by atoms with E-state index in [0.29, 0.717) is 22.1 Å². The molecule has 9 rings (SSSR count). The number of nitrogens with zero attached hydrogens (tertiary/aromatic N) is 3. The molecule has 0 saturated carbocycles. The van der Waals surface area contributed by atoms with Gasteiger partial charge in [0.2, 0.25) is 0 Å². The molecule has 0 bridgehead atoms. The number of benzene rings is 7. The highest BCUT2D eigenvalue weighted by atomic mass is 16.3. The van der Waals surface area contributed by atoms with Gasteiger partial charge in [-0.05, 0) is 45.5 Å². The molecular weight excluding hydrogens is 599 g/mol. The quantitative estimate of drug-likeness (QED) is 0.182. The summed E-state index contributed by atoms with van der Waals surface area (Å²) >= 11 is 0. The molecule has 0 amide bonds. The maximum Gasteiger partial charge on any atom is 0.167 e. The van der Waals surface area contributed by atoms with Crippen molar-refractivity contribution in [3.05, 3.63) is 176 Å². The largest absolute Gasteiger partial charge is 0.455 e. The van der Waals surface area contributed by atoms with Crippen LogP contribution in [0, 0.1) is 0 Å². The molecular formula is C45H29N3O. The van der Waals surface area contributed by atoms with Gasteiger partial charge in [0, 0.05) is 21.9 Å². The zero-order valence-electron chi connectivity index (χ0n) is 35.7. The van der Waals surface area contributed by atoms with Gasteiger partial charge < -0.3 is 4.42 Å². The van der Waals surface area contributed by atoms with Gasteiger partial charge in [0.25, 0.3) is 0 Å². The van der Waals surface area contributed by atoms with E-state index in [0.717, 1.165) is 38.8 Å². The van der Waals surface area contributed by atoms with Crippen molar-refractivity contribution in [1.82, 2.24) is 15.0 Å². The Hall–Kier alpha value is -6.65. The molecule has 0 aliphatic carbocycles. The molecule has 2 aromatic heterocycles. The van der Waals surface area contributed by atoms with Crippen molar-refractivity contribution in [3.63, 3.8) is 0 Å². The second kappa shape index (κ2) is 12.2. The molecule has 0 atom stereocenters. The lowest BCUT2D eigenvalue weighted by Crippen LogP contribution is -2.00. The fourth-order valence-electron chi connectivity index (χ4n) is 6.04. The Labute approximate surface area is 298 Å². The van der Waals surface area contributed by atoms with Crippen molar-refractivity contribution in [1.29, 1.82) is 0 Å². The van der Waals surface area contributed by atoms with Gasteiger partial charge in [-0.3, -0.25) is 0 Å². The highest BCUT2D eigenvalue weighted by Gasteiger charge is 2.19. The van der Waals surface area contributed by atoms with Crippen LogP contribution in [0.3, 0.4) is 0 Å². The minimum absolute atomic E-state index is 0.0718. The molecule has 0 aliphatic heterocycles. The van der Waals surface area contributed by atoms with E-state index in [4.69, 9.17) is 18.1 Å². The SMILES string of the molecule is [2H]c1c([2H])c([2H])c(-c2nc(-c3c([2H])c([2H])c([2H])c([2H])c3[2H])nc(-c3cccc4c3oc3cccc(-c5ccc(-c6ccc(-c7ccccc7)cc6)cc5)c34)n2)c([2H])c1[2H]. The Bertz CT molecular complexity index is 3010. The summed E-state index contributed by atoms with van der Waals surface area (Å²) in [6.07, 6.45) is 0. The zero-order chi connectivity index (χ0) is 41.3. The lowest BCUT2D eigenvalue weighted by molar-refractivity contribution is 0.669. The molecule has 0 spiro atoms. The first-order valence-corrected chi connectivity index (χ1v) is 15.5.